The smallest absolute Gasteiger partial charge is 0.341 e. The summed E-state index contributed by atoms with van der Waals surface area (Å²) in [6.45, 7) is 0.665. The number of esters is 1. The third-order valence-electron chi connectivity index (χ3n) is 1.78. The molecule has 1 fully saturated rings. The standard InChI is InChI=1S/C6H10O5/c1-6(10)4(8)3(2-7)11-5(6)9/h3-4,7-8,10H,2H2,1H3/t3-,4-,6+/m1/s1. The van der Waals surface area contributed by atoms with Crippen LogP contribution in [0, 0.1) is 0 Å². The van der Waals surface area contributed by atoms with Gasteiger partial charge in [-0.1, -0.05) is 0 Å². The molecule has 1 aliphatic heterocycles. The molecule has 0 aliphatic carbocycles. The second kappa shape index (κ2) is 2.44. The summed E-state index contributed by atoms with van der Waals surface area (Å²) in [4.78, 5) is 10.7. The SMILES string of the molecule is C[C@@]1(O)C(=O)O[C@H](CO)[C@H]1O. The minimum absolute atomic E-state index is 0.483. The first kappa shape index (κ1) is 8.45. The lowest BCUT2D eigenvalue weighted by molar-refractivity contribution is -0.155. The predicted molar refractivity (Wildman–Crippen MR) is 33.6 cm³/mol. The number of carbonyl (C=O) groups is 1. The molecule has 0 radical (unpaired) electrons. The van der Waals surface area contributed by atoms with Gasteiger partial charge in [0.15, 0.2) is 11.7 Å². The monoisotopic (exact) mass is 162 g/mol. The van der Waals surface area contributed by atoms with Gasteiger partial charge in [0.1, 0.15) is 6.10 Å². The van der Waals surface area contributed by atoms with Crippen molar-refractivity contribution in [3.63, 3.8) is 0 Å². The lowest BCUT2D eigenvalue weighted by Crippen LogP contribution is -2.43. The van der Waals surface area contributed by atoms with E-state index in [0.717, 1.165) is 6.92 Å². The number of aliphatic hydroxyl groups is 3. The molecule has 0 aromatic rings. The van der Waals surface area contributed by atoms with E-state index in [4.69, 9.17) is 10.2 Å². The number of ether oxygens (including phenoxy) is 1. The van der Waals surface area contributed by atoms with E-state index in [9.17, 15) is 9.90 Å². The van der Waals surface area contributed by atoms with E-state index in [1.807, 2.05) is 0 Å². The van der Waals surface area contributed by atoms with Crippen molar-refractivity contribution in [3.05, 3.63) is 0 Å². The van der Waals surface area contributed by atoms with Crippen LogP contribution in [0.4, 0.5) is 0 Å². The summed E-state index contributed by atoms with van der Waals surface area (Å²) in [5, 5.41) is 26.9. The van der Waals surface area contributed by atoms with Crippen LogP contribution in [0.15, 0.2) is 0 Å². The summed E-state index contributed by atoms with van der Waals surface area (Å²) >= 11 is 0. The van der Waals surface area contributed by atoms with Crippen molar-refractivity contribution in [2.75, 3.05) is 6.61 Å². The Labute approximate surface area is 63.2 Å². The van der Waals surface area contributed by atoms with Crippen LogP contribution in [0.1, 0.15) is 6.92 Å². The van der Waals surface area contributed by atoms with Crippen molar-refractivity contribution in [2.24, 2.45) is 0 Å². The maximum absolute atomic E-state index is 10.7. The van der Waals surface area contributed by atoms with Gasteiger partial charge >= 0.3 is 5.97 Å². The predicted octanol–water partition coefficient (Wildman–Crippen LogP) is -1.98. The summed E-state index contributed by atoms with van der Waals surface area (Å²) in [6.07, 6.45) is -2.35. The van der Waals surface area contributed by atoms with Crippen LogP contribution < -0.4 is 0 Å². The molecule has 0 spiro atoms. The quantitative estimate of drug-likeness (QED) is 0.389. The lowest BCUT2D eigenvalue weighted by Gasteiger charge is -2.16. The van der Waals surface area contributed by atoms with Crippen LogP contribution >= 0.6 is 0 Å². The first-order chi connectivity index (χ1) is 5.00. The highest BCUT2D eigenvalue weighted by molar-refractivity contribution is 5.82. The Balaban J connectivity index is 2.80. The maximum atomic E-state index is 10.7. The second-order valence-electron chi connectivity index (χ2n) is 2.72. The molecule has 1 aliphatic rings. The van der Waals surface area contributed by atoms with Crippen molar-refractivity contribution >= 4 is 5.97 Å². The second-order valence-corrected chi connectivity index (χ2v) is 2.72. The van der Waals surface area contributed by atoms with Gasteiger partial charge in [-0.05, 0) is 6.92 Å². The molecule has 11 heavy (non-hydrogen) atoms. The van der Waals surface area contributed by atoms with E-state index in [2.05, 4.69) is 4.74 Å². The number of rotatable bonds is 1. The third kappa shape index (κ3) is 1.11. The molecule has 64 valence electrons. The topological polar surface area (TPSA) is 87.0 Å². The zero-order valence-corrected chi connectivity index (χ0v) is 6.02. The Morgan fingerprint density at radius 3 is 2.45 bits per heavy atom. The van der Waals surface area contributed by atoms with Gasteiger partial charge in [0.05, 0.1) is 6.61 Å². The largest absolute Gasteiger partial charge is 0.455 e. The van der Waals surface area contributed by atoms with Crippen molar-refractivity contribution in [1.29, 1.82) is 0 Å². The average Bonchev–Trinajstić information content (AvgIpc) is 2.14. The Morgan fingerprint density at radius 2 is 2.27 bits per heavy atom. The van der Waals surface area contributed by atoms with Gasteiger partial charge in [-0.25, -0.2) is 4.79 Å². The molecule has 0 aromatic heterocycles. The summed E-state index contributed by atoms with van der Waals surface area (Å²) in [5.74, 6) is -0.899. The molecule has 5 heteroatoms. The van der Waals surface area contributed by atoms with E-state index >= 15 is 0 Å². The Hall–Kier alpha value is -0.650. The van der Waals surface area contributed by atoms with E-state index in [0.29, 0.717) is 0 Å². The molecule has 0 unspecified atom stereocenters. The van der Waals surface area contributed by atoms with Crippen LogP contribution in [0.5, 0.6) is 0 Å². The van der Waals surface area contributed by atoms with Gasteiger partial charge in [-0.2, -0.15) is 0 Å². The molecule has 0 aromatic carbocycles. The number of carbonyl (C=O) groups excluding carboxylic acids is 1. The minimum atomic E-state index is -1.88. The highest BCUT2D eigenvalue weighted by Gasteiger charge is 2.52. The third-order valence-corrected chi connectivity index (χ3v) is 1.78. The molecule has 1 heterocycles. The fourth-order valence-electron chi connectivity index (χ4n) is 0.941. The minimum Gasteiger partial charge on any atom is -0.455 e. The Morgan fingerprint density at radius 1 is 1.73 bits per heavy atom. The van der Waals surface area contributed by atoms with E-state index in [1.165, 1.54) is 0 Å². The van der Waals surface area contributed by atoms with E-state index in [1.54, 1.807) is 0 Å². The molecule has 3 N–H and O–H groups in total. The van der Waals surface area contributed by atoms with Crippen LogP contribution in [-0.2, 0) is 9.53 Å². The van der Waals surface area contributed by atoms with Gasteiger partial charge in [0.2, 0.25) is 0 Å². The molecule has 0 amide bonds. The zero-order chi connectivity index (χ0) is 8.65. The summed E-state index contributed by atoms with van der Waals surface area (Å²) in [5.41, 5.74) is -1.88. The van der Waals surface area contributed by atoms with E-state index in [-0.39, 0.29) is 0 Å². The first-order valence-corrected chi connectivity index (χ1v) is 3.22. The van der Waals surface area contributed by atoms with Gasteiger partial charge in [-0.3, -0.25) is 0 Å². The molecule has 3 atom stereocenters. The number of hydrogen-bond donors (Lipinski definition) is 3. The van der Waals surface area contributed by atoms with Crippen LogP contribution in [0.2, 0.25) is 0 Å². The maximum Gasteiger partial charge on any atom is 0.341 e. The molecule has 1 saturated heterocycles. The van der Waals surface area contributed by atoms with Crippen LogP contribution in [-0.4, -0.2) is 45.7 Å². The van der Waals surface area contributed by atoms with Crippen molar-refractivity contribution in [3.8, 4) is 0 Å². The van der Waals surface area contributed by atoms with Crippen molar-refractivity contribution in [2.45, 2.75) is 24.7 Å². The highest BCUT2D eigenvalue weighted by Crippen LogP contribution is 2.25. The van der Waals surface area contributed by atoms with E-state index < -0.39 is 30.4 Å². The average molecular weight is 162 g/mol. The van der Waals surface area contributed by atoms with Crippen LogP contribution in [0.3, 0.4) is 0 Å². The fraction of sp³-hybridized carbons (Fsp3) is 0.833. The fourth-order valence-corrected chi connectivity index (χ4v) is 0.941. The Kier molecular flexibility index (Phi) is 1.87. The number of hydrogen-bond acceptors (Lipinski definition) is 5. The number of cyclic esters (lactones) is 1. The molecular formula is C6H10O5. The van der Waals surface area contributed by atoms with Gasteiger partial charge in [0, 0.05) is 0 Å². The normalized spacial score (nSPS) is 44.2. The number of aliphatic hydroxyl groups excluding tert-OH is 2. The van der Waals surface area contributed by atoms with Crippen LogP contribution in [0.25, 0.3) is 0 Å². The van der Waals surface area contributed by atoms with Gasteiger partial charge in [-0.15, -0.1) is 0 Å². The molecule has 1 rings (SSSR count). The molecule has 5 nitrogen and oxygen atoms in total. The highest BCUT2D eigenvalue weighted by atomic mass is 16.6. The molecular weight excluding hydrogens is 152 g/mol. The lowest BCUT2D eigenvalue weighted by atomic mass is 9.99. The Bertz CT molecular complexity index is 176. The zero-order valence-electron chi connectivity index (χ0n) is 6.02. The van der Waals surface area contributed by atoms with Crippen molar-refractivity contribution in [1.82, 2.24) is 0 Å². The summed E-state index contributed by atoms with van der Waals surface area (Å²) in [6, 6.07) is 0. The van der Waals surface area contributed by atoms with Crippen molar-refractivity contribution < 1.29 is 24.9 Å². The van der Waals surface area contributed by atoms with Gasteiger partial charge in [0.25, 0.3) is 0 Å². The molecule has 0 bridgehead atoms. The summed E-state index contributed by atoms with van der Waals surface area (Å²) < 4.78 is 4.45. The summed E-state index contributed by atoms with van der Waals surface area (Å²) in [7, 11) is 0. The van der Waals surface area contributed by atoms with Gasteiger partial charge < -0.3 is 20.1 Å². The first-order valence-electron chi connectivity index (χ1n) is 3.22. The molecule has 0 saturated carbocycles.